The number of thioether (sulfide) groups is 1. The van der Waals surface area contributed by atoms with E-state index in [4.69, 9.17) is 16.3 Å². The van der Waals surface area contributed by atoms with Gasteiger partial charge in [0, 0.05) is 23.3 Å². The van der Waals surface area contributed by atoms with Crippen molar-refractivity contribution in [1.29, 1.82) is 0 Å². The van der Waals surface area contributed by atoms with E-state index in [2.05, 4.69) is 15.5 Å². The van der Waals surface area contributed by atoms with Crippen molar-refractivity contribution >= 4 is 35.0 Å². The molecule has 1 heterocycles. The van der Waals surface area contributed by atoms with E-state index < -0.39 is 0 Å². The van der Waals surface area contributed by atoms with Crippen LogP contribution in [0.15, 0.2) is 47.6 Å². The zero-order valence-electron chi connectivity index (χ0n) is 17.6. The van der Waals surface area contributed by atoms with Gasteiger partial charge in [0.15, 0.2) is 11.0 Å². The van der Waals surface area contributed by atoms with Gasteiger partial charge in [-0.05, 0) is 74.6 Å². The number of halogens is 1. The first kappa shape index (κ1) is 21.7. The molecule has 6 nitrogen and oxygen atoms in total. The van der Waals surface area contributed by atoms with E-state index in [1.807, 2.05) is 48.9 Å². The van der Waals surface area contributed by atoms with Gasteiger partial charge in [0.05, 0.1) is 11.9 Å². The van der Waals surface area contributed by atoms with E-state index in [9.17, 15) is 4.79 Å². The first-order valence-electron chi connectivity index (χ1n) is 10.3. The number of hydrogen-bond acceptors (Lipinski definition) is 5. The molecule has 0 saturated heterocycles. The number of anilines is 1. The highest BCUT2D eigenvalue weighted by atomic mass is 35.5. The number of aromatic nitrogens is 3. The second-order valence-electron chi connectivity index (χ2n) is 7.71. The van der Waals surface area contributed by atoms with Gasteiger partial charge in [0.25, 0.3) is 0 Å². The Hall–Kier alpha value is -2.51. The van der Waals surface area contributed by atoms with Crippen LogP contribution in [0, 0.1) is 6.92 Å². The molecule has 0 bridgehead atoms. The highest BCUT2D eigenvalue weighted by molar-refractivity contribution is 7.99. The Morgan fingerprint density at radius 3 is 2.68 bits per heavy atom. The number of amides is 1. The fourth-order valence-corrected chi connectivity index (χ4v) is 4.50. The van der Waals surface area contributed by atoms with Gasteiger partial charge in [0.2, 0.25) is 5.91 Å². The summed E-state index contributed by atoms with van der Waals surface area (Å²) in [6.07, 6.45) is 5.11. The lowest BCUT2D eigenvalue weighted by atomic mass is 10.2. The van der Waals surface area contributed by atoms with E-state index in [1.54, 1.807) is 12.1 Å². The summed E-state index contributed by atoms with van der Waals surface area (Å²) in [5, 5.41) is 12.7. The van der Waals surface area contributed by atoms with Gasteiger partial charge in [-0.1, -0.05) is 29.4 Å². The number of benzene rings is 2. The van der Waals surface area contributed by atoms with Crippen LogP contribution >= 0.6 is 23.4 Å². The van der Waals surface area contributed by atoms with Gasteiger partial charge in [-0.25, -0.2) is 0 Å². The van der Waals surface area contributed by atoms with Gasteiger partial charge < -0.3 is 14.6 Å². The SMILES string of the molecule is Cc1ccc(Cl)cc1NC(=O)CSc1nnc(-c2ccc(OC3CCCC3)cc2)n1C. The Bertz CT molecular complexity index is 1060. The number of carbonyl (C=O) groups is 1. The van der Waals surface area contributed by atoms with E-state index >= 15 is 0 Å². The molecule has 0 aliphatic heterocycles. The van der Waals surface area contributed by atoms with Gasteiger partial charge in [0.1, 0.15) is 5.75 Å². The van der Waals surface area contributed by atoms with Crippen LogP contribution < -0.4 is 10.1 Å². The maximum Gasteiger partial charge on any atom is 0.234 e. The lowest BCUT2D eigenvalue weighted by Gasteiger charge is -2.13. The lowest BCUT2D eigenvalue weighted by molar-refractivity contribution is -0.113. The number of nitrogens with one attached hydrogen (secondary N) is 1. The van der Waals surface area contributed by atoms with Crippen LogP contribution in [0.25, 0.3) is 11.4 Å². The fraction of sp³-hybridized carbons (Fsp3) is 0.348. The molecule has 1 aliphatic rings. The van der Waals surface area contributed by atoms with Crippen molar-refractivity contribution < 1.29 is 9.53 Å². The molecule has 4 rings (SSSR count). The Kier molecular flexibility index (Phi) is 6.83. The summed E-state index contributed by atoms with van der Waals surface area (Å²) in [5.74, 6) is 1.75. The quantitative estimate of drug-likeness (QED) is 0.475. The third-order valence-electron chi connectivity index (χ3n) is 5.36. The third kappa shape index (κ3) is 5.40. The molecule has 1 aliphatic carbocycles. The van der Waals surface area contributed by atoms with E-state index in [1.165, 1.54) is 24.6 Å². The molecule has 0 atom stereocenters. The maximum atomic E-state index is 12.4. The second kappa shape index (κ2) is 9.75. The van der Waals surface area contributed by atoms with Crippen LogP contribution in [0.2, 0.25) is 5.02 Å². The average molecular weight is 457 g/mol. The minimum absolute atomic E-state index is 0.117. The van der Waals surface area contributed by atoms with Crippen molar-refractivity contribution in [3.8, 4) is 17.1 Å². The predicted octanol–water partition coefficient (Wildman–Crippen LogP) is 5.50. The lowest BCUT2D eigenvalue weighted by Crippen LogP contribution is -2.15. The van der Waals surface area contributed by atoms with Crippen LogP contribution in [0.5, 0.6) is 5.75 Å². The van der Waals surface area contributed by atoms with Crippen LogP contribution in [0.4, 0.5) is 5.69 Å². The van der Waals surface area contributed by atoms with Crippen LogP contribution in [0.1, 0.15) is 31.2 Å². The van der Waals surface area contributed by atoms with Gasteiger partial charge in [-0.3, -0.25) is 4.79 Å². The zero-order chi connectivity index (χ0) is 21.8. The Morgan fingerprint density at radius 1 is 1.19 bits per heavy atom. The van der Waals surface area contributed by atoms with Crippen LogP contribution in [-0.2, 0) is 11.8 Å². The molecule has 3 aromatic rings. The molecule has 2 aromatic carbocycles. The van der Waals surface area contributed by atoms with Crippen molar-refractivity contribution in [2.24, 2.45) is 7.05 Å². The summed E-state index contributed by atoms with van der Waals surface area (Å²) < 4.78 is 7.93. The summed E-state index contributed by atoms with van der Waals surface area (Å²) in [6, 6.07) is 13.4. The van der Waals surface area contributed by atoms with Gasteiger partial charge in [-0.2, -0.15) is 0 Å². The number of aryl methyl sites for hydroxylation is 1. The predicted molar refractivity (Wildman–Crippen MR) is 125 cm³/mol. The average Bonchev–Trinajstić information content (AvgIpc) is 3.40. The molecule has 1 saturated carbocycles. The first-order chi connectivity index (χ1) is 15.0. The van der Waals surface area contributed by atoms with E-state index in [0.717, 1.165) is 41.2 Å². The van der Waals surface area contributed by atoms with Crippen molar-refractivity contribution in [3.05, 3.63) is 53.1 Å². The molecule has 1 amide bonds. The fourth-order valence-electron chi connectivity index (χ4n) is 3.62. The molecule has 0 spiro atoms. The van der Waals surface area contributed by atoms with E-state index in [0.29, 0.717) is 16.3 Å². The third-order valence-corrected chi connectivity index (χ3v) is 6.61. The number of carbonyl (C=O) groups excluding carboxylic acids is 1. The van der Waals surface area contributed by atoms with Gasteiger partial charge >= 0.3 is 0 Å². The molecule has 1 aromatic heterocycles. The zero-order valence-corrected chi connectivity index (χ0v) is 19.2. The summed E-state index contributed by atoms with van der Waals surface area (Å²) in [4.78, 5) is 12.4. The Morgan fingerprint density at radius 2 is 1.94 bits per heavy atom. The van der Waals surface area contributed by atoms with Crippen molar-refractivity contribution in [1.82, 2.24) is 14.8 Å². The Labute approximate surface area is 191 Å². The number of hydrogen-bond donors (Lipinski definition) is 1. The van der Waals surface area contributed by atoms with Crippen molar-refractivity contribution in [2.75, 3.05) is 11.1 Å². The number of rotatable bonds is 7. The molecule has 0 unspecified atom stereocenters. The molecule has 8 heteroatoms. The normalized spacial score (nSPS) is 14.0. The van der Waals surface area contributed by atoms with Crippen LogP contribution in [0.3, 0.4) is 0 Å². The summed E-state index contributed by atoms with van der Waals surface area (Å²) in [5.41, 5.74) is 2.64. The maximum absolute atomic E-state index is 12.4. The number of ether oxygens (including phenoxy) is 1. The standard InChI is InChI=1S/C23H25ClN4O2S/c1-15-7-10-17(24)13-20(15)25-21(29)14-31-23-27-26-22(28(23)2)16-8-11-19(12-9-16)30-18-5-3-4-6-18/h7-13,18H,3-6,14H2,1-2H3,(H,25,29). The summed E-state index contributed by atoms with van der Waals surface area (Å²) in [6.45, 7) is 1.93. The van der Waals surface area contributed by atoms with Gasteiger partial charge in [-0.15, -0.1) is 10.2 Å². The molecular formula is C23H25ClN4O2S. The first-order valence-corrected chi connectivity index (χ1v) is 11.7. The molecule has 0 radical (unpaired) electrons. The van der Waals surface area contributed by atoms with Crippen molar-refractivity contribution in [3.63, 3.8) is 0 Å². The highest BCUT2D eigenvalue weighted by Gasteiger charge is 2.17. The van der Waals surface area contributed by atoms with E-state index in [-0.39, 0.29) is 11.7 Å². The Balaban J connectivity index is 1.36. The molecular weight excluding hydrogens is 432 g/mol. The summed E-state index contributed by atoms with van der Waals surface area (Å²) >= 11 is 7.36. The monoisotopic (exact) mass is 456 g/mol. The molecule has 1 N–H and O–H groups in total. The number of nitrogens with zero attached hydrogens (tertiary/aromatic N) is 3. The minimum atomic E-state index is -0.117. The van der Waals surface area contributed by atoms with Crippen molar-refractivity contribution in [2.45, 2.75) is 43.9 Å². The topological polar surface area (TPSA) is 69.0 Å². The molecule has 1 fully saturated rings. The smallest absolute Gasteiger partial charge is 0.234 e. The van der Waals surface area contributed by atoms with Crippen LogP contribution in [-0.4, -0.2) is 32.5 Å². The largest absolute Gasteiger partial charge is 0.490 e. The summed E-state index contributed by atoms with van der Waals surface area (Å²) in [7, 11) is 1.90. The second-order valence-corrected chi connectivity index (χ2v) is 9.09. The highest BCUT2D eigenvalue weighted by Crippen LogP contribution is 2.28. The minimum Gasteiger partial charge on any atom is -0.490 e. The molecule has 31 heavy (non-hydrogen) atoms. The molecule has 162 valence electrons.